The SMILES string of the molecule is CCCCCCCCCCCCCCCCCCOc1cc(C(=O)N2CCN(C(=O)c3ccc(C(=O)OC4C(COC(c5ccccc5)(c5ccc(OC)cc5)c5ccc(OC)cc5)OC(n5ccc(NC(=O)c6ccccc6)nc5=O)C4OC)c(CN=[N+]=[N-])c3)CC2)cc(OCCCCCCCCCCCCCCCCCC)c1OCCCCCCCCCCCCCCCCCC. The number of hydrogen-bond donors (Lipinski definition) is 1. The lowest BCUT2D eigenvalue weighted by Gasteiger charge is -2.37. The van der Waals surface area contributed by atoms with Crippen LogP contribution in [0.1, 0.15) is 399 Å². The van der Waals surface area contributed by atoms with Crippen LogP contribution >= 0.6 is 0 Å². The molecule has 0 bridgehead atoms. The average Bonchev–Trinajstić information content (AvgIpc) is 1.27. The lowest BCUT2D eigenvalue weighted by molar-refractivity contribution is -0.0980. The van der Waals surface area contributed by atoms with Crippen LogP contribution in [0.3, 0.4) is 0 Å². The second-order valence-electron chi connectivity index (χ2n) is 36.9. The molecule has 3 amide bonds. The molecular formula is C112H162N8O14. The molecule has 3 heterocycles. The fourth-order valence-corrected chi connectivity index (χ4v) is 18.6. The van der Waals surface area contributed by atoms with Crippen molar-refractivity contribution >= 4 is 29.5 Å². The highest BCUT2D eigenvalue weighted by atomic mass is 16.6. The number of anilines is 1. The number of nitrogens with one attached hydrogen (secondary N) is 1. The molecule has 1 N–H and O–H groups in total. The van der Waals surface area contributed by atoms with Gasteiger partial charge in [0.25, 0.3) is 17.7 Å². The second-order valence-corrected chi connectivity index (χ2v) is 36.9. The first-order valence-electron chi connectivity index (χ1n) is 52.0. The van der Waals surface area contributed by atoms with Crippen LogP contribution in [-0.4, -0.2) is 135 Å². The number of unbranched alkanes of at least 4 members (excludes halogenated alkanes) is 45. The van der Waals surface area contributed by atoms with Crippen LogP contribution in [0, 0.1) is 0 Å². The number of amides is 3. The molecule has 6 aromatic carbocycles. The third kappa shape index (κ3) is 36.7. The summed E-state index contributed by atoms with van der Waals surface area (Å²) in [4.78, 5) is 83.9. The number of benzene rings is 6. The highest BCUT2D eigenvalue weighted by Crippen LogP contribution is 2.45. The summed E-state index contributed by atoms with van der Waals surface area (Å²) in [5.41, 5.74) is 11.0. The van der Waals surface area contributed by atoms with Crippen LogP contribution < -0.4 is 34.7 Å². The van der Waals surface area contributed by atoms with Gasteiger partial charge in [0.2, 0.25) is 5.75 Å². The fraction of sp³-hybridized carbons (Fsp3) is 0.607. The highest BCUT2D eigenvalue weighted by molar-refractivity contribution is 6.03. The van der Waals surface area contributed by atoms with E-state index < -0.39 is 47.7 Å². The van der Waals surface area contributed by atoms with Gasteiger partial charge in [-0.15, -0.1) is 0 Å². The Labute approximate surface area is 802 Å². The molecule has 0 saturated carbocycles. The first-order chi connectivity index (χ1) is 65.9. The summed E-state index contributed by atoms with van der Waals surface area (Å²) in [5.74, 6) is 0.860. The van der Waals surface area contributed by atoms with E-state index in [1.54, 1.807) is 54.4 Å². The molecule has 0 aliphatic carbocycles. The van der Waals surface area contributed by atoms with E-state index in [9.17, 15) is 19.9 Å². The van der Waals surface area contributed by atoms with Gasteiger partial charge in [0.15, 0.2) is 23.8 Å². The molecule has 22 heteroatoms. The van der Waals surface area contributed by atoms with Crippen LogP contribution in [-0.2, 0) is 31.1 Å². The molecule has 4 unspecified atom stereocenters. The van der Waals surface area contributed by atoms with E-state index in [4.69, 9.17) is 42.6 Å². The van der Waals surface area contributed by atoms with Gasteiger partial charge in [-0.3, -0.25) is 19.0 Å². The molecule has 1 aromatic heterocycles. The molecule has 9 rings (SSSR count). The predicted octanol–water partition coefficient (Wildman–Crippen LogP) is 28.0. The molecule has 2 saturated heterocycles. The van der Waals surface area contributed by atoms with Crippen molar-refractivity contribution in [3.05, 3.63) is 217 Å². The minimum Gasteiger partial charge on any atom is -0.497 e. The summed E-state index contributed by atoms with van der Waals surface area (Å²) in [6.45, 7) is 8.51. The van der Waals surface area contributed by atoms with Crippen LogP contribution in [0.25, 0.3) is 10.4 Å². The Morgan fingerprint density at radius 3 is 1.23 bits per heavy atom. The maximum atomic E-state index is 15.3. The van der Waals surface area contributed by atoms with Crippen LogP contribution in [0.15, 0.2) is 162 Å². The molecule has 4 atom stereocenters. The van der Waals surface area contributed by atoms with Gasteiger partial charge in [-0.2, -0.15) is 4.98 Å². The number of aromatic nitrogens is 2. The van der Waals surface area contributed by atoms with E-state index in [2.05, 4.69) is 41.1 Å². The van der Waals surface area contributed by atoms with Gasteiger partial charge < -0.3 is 57.7 Å². The lowest BCUT2D eigenvalue weighted by Crippen LogP contribution is -2.50. The van der Waals surface area contributed by atoms with Crippen LogP contribution in [0.4, 0.5) is 5.82 Å². The Hall–Kier alpha value is -9.73. The molecule has 734 valence electrons. The number of piperazine rings is 1. The maximum Gasteiger partial charge on any atom is 0.351 e. The molecule has 134 heavy (non-hydrogen) atoms. The summed E-state index contributed by atoms with van der Waals surface area (Å²) in [6, 6.07) is 42.8. The molecular weight excluding hydrogens is 1680 g/mol. The van der Waals surface area contributed by atoms with Gasteiger partial charge >= 0.3 is 11.7 Å². The van der Waals surface area contributed by atoms with Crippen molar-refractivity contribution in [1.29, 1.82) is 0 Å². The van der Waals surface area contributed by atoms with Crippen molar-refractivity contribution in [2.24, 2.45) is 5.11 Å². The average molecular weight is 1840 g/mol. The standard InChI is InChI=1S/C112H162N8O14/c1-7-10-13-16-19-22-25-28-31-34-37-40-43-46-49-58-81-129-99-85-91(86-100(130-82-59-50-47-44-41-38-35-32-29-26-23-20-17-14-11-8-2)103(99)131-83-60-51-48-45-42-39-36-33-30-27-24-21-18-15-12-9-3)108(123)119-79-77-118(78-80-119)107(122)90-65-74-98(92(84-90)87-114-117-113)110(124)134-104-101(133-109(105(104)128-6)120-76-75-102(116-111(120)125)115-106(121)89-61-54-52-55-62-89)88-132-112(93-63-56-53-57-64-93,94-66-70-96(126-4)71-67-94)95-68-72-97(127-5)73-69-95/h52-57,61-76,84-86,101,104-105,109H,7-51,58-60,77-83,87-88H2,1-6H3,(H,115,116,121,125). The molecule has 2 fully saturated rings. The number of nitrogens with zero attached hydrogens (tertiary/aromatic N) is 7. The summed E-state index contributed by atoms with van der Waals surface area (Å²) in [7, 11) is 4.58. The minimum atomic E-state index is -1.39. The summed E-state index contributed by atoms with van der Waals surface area (Å²) >= 11 is 0. The maximum absolute atomic E-state index is 15.3. The van der Waals surface area contributed by atoms with Gasteiger partial charge in [-0.25, -0.2) is 9.59 Å². The minimum absolute atomic E-state index is 0.0171. The predicted molar refractivity (Wildman–Crippen MR) is 538 cm³/mol. The zero-order valence-corrected chi connectivity index (χ0v) is 82.4. The second kappa shape index (κ2) is 64.3. The summed E-state index contributed by atoms with van der Waals surface area (Å²) in [5, 5.41) is 6.60. The van der Waals surface area contributed by atoms with Gasteiger partial charge in [0.1, 0.15) is 35.1 Å². The lowest BCUT2D eigenvalue weighted by atomic mass is 9.80. The Morgan fingerprint density at radius 1 is 0.448 bits per heavy atom. The number of methoxy groups -OCH3 is 3. The van der Waals surface area contributed by atoms with Crippen molar-refractivity contribution in [2.75, 3.05) is 79.3 Å². The molecule has 22 nitrogen and oxygen atoms in total. The van der Waals surface area contributed by atoms with Crippen LogP contribution in [0.2, 0.25) is 0 Å². The zero-order valence-electron chi connectivity index (χ0n) is 82.4. The third-order valence-electron chi connectivity index (χ3n) is 26.6. The Kier molecular flexibility index (Phi) is 51.8. The third-order valence-corrected chi connectivity index (χ3v) is 26.6. The van der Waals surface area contributed by atoms with E-state index in [1.165, 1.54) is 293 Å². The smallest absolute Gasteiger partial charge is 0.351 e. The van der Waals surface area contributed by atoms with E-state index in [0.29, 0.717) is 70.8 Å². The van der Waals surface area contributed by atoms with Gasteiger partial charge in [-0.05, 0) is 120 Å². The monoisotopic (exact) mass is 1840 g/mol. The first-order valence-corrected chi connectivity index (χ1v) is 52.0. The number of carbonyl (C=O) groups is 4. The molecule has 0 radical (unpaired) electrons. The summed E-state index contributed by atoms with van der Waals surface area (Å²) in [6.07, 6.45) is 57.6. The van der Waals surface area contributed by atoms with Crippen molar-refractivity contribution in [1.82, 2.24) is 19.4 Å². The Bertz CT molecular complexity index is 4430. The topological polar surface area (TPSA) is 254 Å². The number of rotatable bonds is 72. The largest absolute Gasteiger partial charge is 0.497 e. The normalized spacial score (nSPS) is 14.9. The zero-order chi connectivity index (χ0) is 94.7. The number of hydrogen-bond acceptors (Lipinski definition) is 16. The number of esters is 1. The number of carbonyl (C=O) groups excluding carboxylic acids is 4. The quantitative estimate of drug-likeness (QED) is 0.00929. The van der Waals surface area contributed by atoms with E-state index >= 15 is 9.59 Å². The molecule has 2 aliphatic heterocycles. The van der Waals surface area contributed by atoms with Gasteiger partial charge in [0, 0.05) is 61.1 Å². The van der Waals surface area contributed by atoms with E-state index in [1.807, 2.05) is 91.0 Å². The van der Waals surface area contributed by atoms with E-state index in [-0.39, 0.29) is 73.7 Å². The Morgan fingerprint density at radius 2 is 0.836 bits per heavy atom. The fourth-order valence-electron chi connectivity index (χ4n) is 18.6. The Balaban J connectivity index is 0.902. The van der Waals surface area contributed by atoms with Crippen molar-refractivity contribution in [3.63, 3.8) is 0 Å². The molecule has 7 aromatic rings. The highest BCUT2D eigenvalue weighted by Gasteiger charge is 2.51. The van der Waals surface area contributed by atoms with Crippen molar-refractivity contribution in [3.8, 4) is 28.7 Å². The van der Waals surface area contributed by atoms with E-state index in [0.717, 1.165) is 63.4 Å². The number of azide groups is 1. The molecule has 2 aliphatic rings. The van der Waals surface area contributed by atoms with Crippen molar-refractivity contribution in [2.45, 2.75) is 366 Å². The van der Waals surface area contributed by atoms with Crippen molar-refractivity contribution < 1.29 is 61.8 Å². The van der Waals surface area contributed by atoms with Gasteiger partial charge in [-0.1, -0.05) is 388 Å². The van der Waals surface area contributed by atoms with Crippen LogP contribution in [0.5, 0.6) is 28.7 Å². The number of ether oxygens (including phenoxy) is 9. The molecule has 0 spiro atoms. The summed E-state index contributed by atoms with van der Waals surface area (Å²) < 4.78 is 59.9. The van der Waals surface area contributed by atoms with Gasteiger partial charge in [0.05, 0.1) is 52.8 Å². The first kappa shape index (κ1) is 108.